The summed E-state index contributed by atoms with van der Waals surface area (Å²) in [5.74, 6) is 0. The van der Waals surface area contributed by atoms with Gasteiger partial charge in [-0.25, -0.2) is 0 Å². The summed E-state index contributed by atoms with van der Waals surface area (Å²) < 4.78 is 13.5. The maximum absolute atomic E-state index is 9.70. The van der Waals surface area contributed by atoms with Gasteiger partial charge in [-0.3, -0.25) is 4.57 Å². The molecule has 1 unspecified atom stereocenters. The van der Waals surface area contributed by atoms with Crippen LogP contribution in [0.4, 0.5) is 0 Å². The molecule has 0 radical (unpaired) electrons. The van der Waals surface area contributed by atoms with Gasteiger partial charge in [0.15, 0.2) is 0 Å². The molecule has 3 N–H and O–H groups in total. The molecule has 1 atom stereocenters. The summed E-state index contributed by atoms with van der Waals surface area (Å²) in [6.45, 7) is -0.0932. The Morgan fingerprint density at radius 3 is 2.33 bits per heavy atom. The van der Waals surface area contributed by atoms with Crippen molar-refractivity contribution < 1.29 is 37.7 Å². The van der Waals surface area contributed by atoms with E-state index in [-0.39, 0.29) is 32.0 Å². The molecule has 7 heteroatoms. The number of phosphoric ester groups is 1. The molecule has 0 amide bonds. The van der Waals surface area contributed by atoms with Gasteiger partial charge in [0, 0.05) is 6.54 Å². The number of hydrogen-bond acceptors (Lipinski definition) is 4. The zero-order chi connectivity index (χ0) is 6.62. The Kier molecular flexibility index (Phi) is 7.48. The van der Waals surface area contributed by atoms with E-state index >= 15 is 0 Å². The zero-order valence-corrected chi connectivity index (χ0v) is 6.01. The minimum Gasteiger partial charge on any atom is -0.756 e. The van der Waals surface area contributed by atoms with Crippen molar-refractivity contribution >= 4 is 7.82 Å². The van der Waals surface area contributed by atoms with E-state index in [1.165, 1.54) is 0 Å². The van der Waals surface area contributed by atoms with Crippen molar-refractivity contribution in [1.82, 2.24) is 0 Å². The first-order chi connectivity index (χ1) is 3.56. The van der Waals surface area contributed by atoms with Crippen LogP contribution in [0.1, 0.15) is 0 Å². The fourth-order valence-electron chi connectivity index (χ4n) is 0.168. The second-order valence-electron chi connectivity index (χ2n) is 1.09. The van der Waals surface area contributed by atoms with Crippen LogP contribution in [0.2, 0.25) is 0 Å². The van der Waals surface area contributed by atoms with Crippen LogP contribution < -0.4 is 29.5 Å². The molecule has 0 aromatic carbocycles. The summed E-state index contributed by atoms with van der Waals surface area (Å²) in [6, 6.07) is 0. The molecular formula is C2H7LiNO4P. The van der Waals surface area contributed by atoms with E-state index in [2.05, 4.69) is 4.52 Å². The van der Waals surface area contributed by atoms with Gasteiger partial charge in [0.05, 0.1) is 6.61 Å². The molecule has 0 aliphatic carbocycles. The molecule has 0 aliphatic heterocycles. The minimum atomic E-state index is -4.51. The molecule has 9 heavy (non-hydrogen) atoms. The van der Waals surface area contributed by atoms with Crippen LogP contribution in [-0.2, 0) is 9.09 Å². The predicted octanol–water partition coefficient (Wildman–Crippen LogP) is -4.57. The van der Waals surface area contributed by atoms with E-state index in [1.807, 2.05) is 0 Å². The van der Waals surface area contributed by atoms with Gasteiger partial charge >= 0.3 is 18.9 Å². The molecule has 0 spiro atoms. The number of rotatable bonds is 3. The molecule has 0 saturated heterocycles. The van der Waals surface area contributed by atoms with Crippen LogP contribution in [0, 0.1) is 0 Å². The first-order valence-electron chi connectivity index (χ1n) is 1.94. The number of phosphoric acid groups is 1. The Labute approximate surface area is 65.0 Å². The Balaban J connectivity index is 0. The largest absolute Gasteiger partial charge is 1.00 e. The van der Waals surface area contributed by atoms with Crippen LogP contribution in [-0.4, -0.2) is 18.0 Å². The van der Waals surface area contributed by atoms with Crippen molar-refractivity contribution in [2.24, 2.45) is 5.73 Å². The SMILES string of the molecule is NCCOP(=O)([O-])O.[Li+]. The Hall–Kier alpha value is 0.667. The summed E-state index contributed by atoms with van der Waals surface area (Å²) in [5.41, 5.74) is 4.84. The van der Waals surface area contributed by atoms with Crippen LogP contribution in [0.15, 0.2) is 0 Å². The summed E-state index contributed by atoms with van der Waals surface area (Å²) in [4.78, 5) is 17.6. The Morgan fingerprint density at radius 2 is 2.22 bits per heavy atom. The summed E-state index contributed by atoms with van der Waals surface area (Å²) in [7, 11) is -4.51. The van der Waals surface area contributed by atoms with E-state index in [9.17, 15) is 9.46 Å². The Morgan fingerprint density at radius 1 is 1.78 bits per heavy atom. The van der Waals surface area contributed by atoms with Gasteiger partial charge in [-0.05, 0) is 0 Å². The van der Waals surface area contributed by atoms with Gasteiger partial charge in [-0.2, -0.15) is 0 Å². The fourth-order valence-corrected chi connectivity index (χ4v) is 0.504. The van der Waals surface area contributed by atoms with Crippen molar-refractivity contribution in [3.8, 4) is 0 Å². The summed E-state index contributed by atoms with van der Waals surface area (Å²) >= 11 is 0. The number of nitrogens with two attached hydrogens (primary N) is 1. The molecule has 50 valence electrons. The third-order valence-electron chi connectivity index (χ3n) is 0.372. The fraction of sp³-hybridized carbons (Fsp3) is 1.00. The van der Waals surface area contributed by atoms with Crippen LogP contribution >= 0.6 is 7.82 Å². The topological polar surface area (TPSA) is 95.6 Å². The standard InChI is InChI=1S/C2H8NO4P.Li/c3-1-2-7-8(4,5)6;/h1-3H2,(H2,4,5,6);/q;+1/p-1. The third-order valence-corrected chi connectivity index (χ3v) is 0.881. The molecule has 0 fully saturated rings. The zero-order valence-electron chi connectivity index (χ0n) is 5.11. The molecular weight excluding hydrogens is 140 g/mol. The van der Waals surface area contributed by atoms with Gasteiger partial charge in [0.1, 0.15) is 0 Å². The van der Waals surface area contributed by atoms with E-state index < -0.39 is 7.82 Å². The molecule has 5 nitrogen and oxygen atoms in total. The smallest absolute Gasteiger partial charge is 0.756 e. The molecule has 0 aromatic rings. The molecule has 0 aromatic heterocycles. The van der Waals surface area contributed by atoms with Crippen molar-refractivity contribution in [2.75, 3.05) is 13.2 Å². The molecule has 0 heterocycles. The maximum atomic E-state index is 9.70. The van der Waals surface area contributed by atoms with Gasteiger partial charge < -0.3 is 20.0 Å². The monoisotopic (exact) mass is 147 g/mol. The normalized spacial score (nSPS) is 15.9. The van der Waals surface area contributed by atoms with Crippen LogP contribution in [0.3, 0.4) is 0 Å². The summed E-state index contributed by atoms with van der Waals surface area (Å²) in [6.07, 6.45) is 0. The second kappa shape index (κ2) is 5.45. The van der Waals surface area contributed by atoms with E-state index in [4.69, 9.17) is 10.6 Å². The molecule has 0 saturated carbocycles. The van der Waals surface area contributed by atoms with Gasteiger partial charge in [0.25, 0.3) is 7.82 Å². The van der Waals surface area contributed by atoms with Crippen molar-refractivity contribution in [1.29, 1.82) is 0 Å². The van der Waals surface area contributed by atoms with E-state index in [0.29, 0.717) is 0 Å². The van der Waals surface area contributed by atoms with Crippen molar-refractivity contribution in [3.63, 3.8) is 0 Å². The first kappa shape index (κ1) is 12.4. The van der Waals surface area contributed by atoms with Crippen molar-refractivity contribution in [2.45, 2.75) is 0 Å². The minimum absolute atomic E-state index is 0. The van der Waals surface area contributed by atoms with E-state index in [1.54, 1.807) is 0 Å². The van der Waals surface area contributed by atoms with E-state index in [0.717, 1.165) is 0 Å². The number of hydrogen-bond donors (Lipinski definition) is 2. The van der Waals surface area contributed by atoms with Crippen molar-refractivity contribution in [3.05, 3.63) is 0 Å². The van der Waals surface area contributed by atoms with Gasteiger partial charge in [-0.1, -0.05) is 0 Å². The Bertz CT molecular complexity index is 103. The third kappa shape index (κ3) is 12.0. The molecule has 0 rings (SSSR count). The molecule has 0 bridgehead atoms. The van der Waals surface area contributed by atoms with Gasteiger partial charge in [0.2, 0.25) is 0 Å². The van der Waals surface area contributed by atoms with Crippen LogP contribution in [0.25, 0.3) is 0 Å². The quantitative estimate of drug-likeness (QED) is 0.309. The van der Waals surface area contributed by atoms with Gasteiger partial charge in [-0.15, -0.1) is 0 Å². The maximum Gasteiger partial charge on any atom is 1.00 e. The summed E-state index contributed by atoms with van der Waals surface area (Å²) in [5, 5.41) is 0. The van der Waals surface area contributed by atoms with Crippen LogP contribution in [0.5, 0.6) is 0 Å². The first-order valence-corrected chi connectivity index (χ1v) is 3.44. The molecule has 0 aliphatic rings. The second-order valence-corrected chi connectivity index (χ2v) is 2.29. The predicted molar refractivity (Wildman–Crippen MR) is 24.8 cm³/mol. The average Bonchev–Trinajstić information content (AvgIpc) is 1.59. The average molecular weight is 147 g/mol.